The molecule has 0 saturated heterocycles. The number of hydrogen-bond donors (Lipinski definition) is 2. The Labute approximate surface area is 106 Å². The smallest absolute Gasteiger partial charge is 0.251 e. The second-order valence-corrected chi connectivity index (χ2v) is 4.13. The lowest BCUT2D eigenvalue weighted by Crippen LogP contribution is -2.27. The van der Waals surface area contributed by atoms with Crippen LogP contribution in [-0.4, -0.2) is 22.0 Å². The monoisotopic (exact) mass is 244 g/mol. The number of nitrogen functional groups attached to an aromatic ring is 1. The lowest BCUT2D eigenvalue weighted by Gasteiger charge is -2.08. The number of nitrogens with zero attached hydrogens (tertiary/aromatic N) is 2. The van der Waals surface area contributed by atoms with Crippen LogP contribution in [0.2, 0.25) is 0 Å². The summed E-state index contributed by atoms with van der Waals surface area (Å²) in [6.07, 6.45) is 5.29. The van der Waals surface area contributed by atoms with E-state index in [1.807, 2.05) is 23.8 Å². The molecule has 18 heavy (non-hydrogen) atoms. The van der Waals surface area contributed by atoms with Gasteiger partial charge in [0.25, 0.3) is 5.91 Å². The molecule has 0 aliphatic carbocycles. The fourth-order valence-electron chi connectivity index (χ4n) is 1.70. The van der Waals surface area contributed by atoms with Gasteiger partial charge in [0.1, 0.15) is 0 Å². The van der Waals surface area contributed by atoms with E-state index >= 15 is 0 Å². The maximum Gasteiger partial charge on any atom is 0.251 e. The van der Waals surface area contributed by atoms with Gasteiger partial charge >= 0.3 is 0 Å². The highest BCUT2D eigenvalue weighted by Gasteiger charge is 2.08. The fourth-order valence-corrected chi connectivity index (χ4v) is 1.70. The van der Waals surface area contributed by atoms with Gasteiger partial charge in [0, 0.05) is 36.7 Å². The number of carbonyl (C=O) groups excluding carboxylic acids is 1. The molecule has 2 aromatic rings. The van der Waals surface area contributed by atoms with E-state index in [0.29, 0.717) is 24.3 Å². The topological polar surface area (TPSA) is 72.9 Å². The van der Waals surface area contributed by atoms with Gasteiger partial charge in [-0.2, -0.15) is 0 Å². The SMILES string of the molecule is Cc1ccc(N)cc1C(=O)NCCn1ccnc1. The average molecular weight is 244 g/mol. The molecule has 1 aromatic heterocycles. The van der Waals surface area contributed by atoms with Crippen LogP contribution in [0.3, 0.4) is 0 Å². The summed E-state index contributed by atoms with van der Waals surface area (Å²) in [5, 5.41) is 2.86. The van der Waals surface area contributed by atoms with Gasteiger partial charge in [-0.25, -0.2) is 4.98 Å². The number of benzene rings is 1. The van der Waals surface area contributed by atoms with Crippen molar-refractivity contribution in [1.82, 2.24) is 14.9 Å². The minimum Gasteiger partial charge on any atom is -0.399 e. The largest absolute Gasteiger partial charge is 0.399 e. The number of imidazole rings is 1. The first-order valence-corrected chi connectivity index (χ1v) is 5.77. The van der Waals surface area contributed by atoms with Crippen LogP contribution in [0.5, 0.6) is 0 Å². The van der Waals surface area contributed by atoms with Crippen molar-refractivity contribution in [2.24, 2.45) is 0 Å². The first kappa shape index (κ1) is 12.2. The zero-order valence-corrected chi connectivity index (χ0v) is 10.3. The number of amides is 1. The molecule has 0 fully saturated rings. The molecule has 5 heteroatoms. The average Bonchev–Trinajstić information content (AvgIpc) is 2.85. The third-order valence-electron chi connectivity index (χ3n) is 2.72. The number of nitrogens with one attached hydrogen (secondary N) is 1. The summed E-state index contributed by atoms with van der Waals surface area (Å²) in [6, 6.07) is 5.33. The van der Waals surface area contributed by atoms with Gasteiger partial charge < -0.3 is 15.6 Å². The van der Waals surface area contributed by atoms with Crippen LogP contribution in [0.1, 0.15) is 15.9 Å². The van der Waals surface area contributed by atoms with Crippen molar-refractivity contribution in [3.05, 3.63) is 48.0 Å². The molecule has 0 spiro atoms. The molecule has 0 radical (unpaired) electrons. The summed E-state index contributed by atoms with van der Waals surface area (Å²) in [4.78, 5) is 15.9. The predicted octanol–water partition coefficient (Wildman–Crippen LogP) is 1.20. The Hall–Kier alpha value is -2.30. The number of anilines is 1. The lowest BCUT2D eigenvalue weighted by atomic mass is 10.1. The molecular weight excluding hydrogens is 228 g/mol. The Bertz CT molecular complexity index is 534. The third kappa shape index (κ3) is 2.88. The summed E-state index contributed by atoms with van der Waals surface area (Å²) in [7, 11) is 0. The molecule has 0 saturated carbocycles. The Morgan fingerprint density at radius 1 is 1.50 bits per heavy atom. The Balaban J connectivity index is 1.93. The minimum absolute atomic E-state index is 0.0973. The second kappa shape index (κ2) is 5.35. The highest BCUT2D eigenvalue weighted by Crippen LogP contribution is 2.12. The molecule has 2 rings (SSSR count). The maximum absolute atomic E-state index is 12.0. The molecule has 0 bridgehead atoms. The highest BCUT2D eigenvalue weighted by atomic mass is 16.1. The fraction of sp³-hybridized carbons (Fsp3) is 0.231. The van der Waals surface area contributed by atoms with Gasteiger partial charge in [-0.05, 0) is 24.6 Å². The number of nitrogens with two attached hydrogens (primary N) is 1. The molecule has 0 aliphatic heterocycles. The summed E-state index contributed by atoms with van der Waals surface area (Å²) in [6.45, 7) is 3.15. The van der Waals surface area contributed by atoms with Crippen LogP contribution < -0.4 is 11.1 Å². The molecule has 0 aliphatic rings. The molecule has 5 nitrogen and oxygen atoms in total. The van der Waals surface area contributed by atoms with E-state index in [0.717, 1.165) is 5.56 Å². The zero-order valence-electron chi connectivity index (χ0n) is 10.3. The standard InChI is InChI=1S/C13H16N4O/c1-10-2-3-11(14)8-12(10)13(18)16-5-7-17-6-4-15-9-17/h2-4,6,8-9H,5,7,14H2,1H3,(H,16,18). The highest BCUT2D eigenvalue weighted by molar-refractivity contribution is 5.96. The normalized spacial score (nSPS) is 10.3. The van der Waals surface area contributed by atoms with Gasteiger partial charge in [0.15, 0.2) is 0 Å². The van der Waals surface area contributed by atoms with Crippen molar-refractivity contribution >= 4 is 11.6 Å². The van der Waals surface area contributed by atoms with Crippen LogP contribution >= 0.6 is 0 Å². The second-order valence-electron chi connectivity index (χ2n) is 4.13. The predicted molar refractivity (Wildman–Crippen MR) is 70.2 cm³/mol. The van der Waals surface area contributed by atoms with Crippen molar-refractivity contribution in [3.8, 4) is 0 Å². The van der Waals surface area contributed by atoms with Gasteiger partial charge in [-0.15, -0.1) is 0 Å². The molecule has 94 valence electrons. The van der Waals surface area contributed by atoms with E-state index in [1.165, 1.54) is 0 Å². The number of aromatic nitrogens is 2. The van der Waals surface area contributed by atoms with Crippen molar-refractivity contribution in [3.63, 3.8) is 0 Å². The van der Waals surface area contributed by atoms with E-state index in [9.17, 15) is 4.79 Å². The van der Waals surface area contributed by atoms with Crippen molar-refractivity contribution in [1.29, 1.82) is 0 Å². The van der Waals surface area contributed by atoms with Crippen LogP contribution in [0.15, 0.2) is 36.9 Å². The summed E-state index contributed by atoms with van der Waals surface area (Å²) >= 11 is 0. The number of carbonyl (C=O) groups is 1. The van der Waals surface area contributed by atoms with E-state index in [2.05, 4.69) is 10.3 Å². The summed E-state index contributed by atoms with van der Waals surface area (Å²) < 4.78 is 1.91. The van der Waals surface area contributed by atoms with Crippen LogP contribution in [0, 0.1) is 6.92 Å². The molecule has 3 N–H and O–H groups in total. The number of rotatable bonds is 4. The minimum atomic E-state index is -0.0973. The lowest BCUT2D eigenvalue weighted by molar-refractivity contribution is 0.0951. The molecular formula is C13H16N4O. The molecule has 0 unspecified atom stereocenters. The number of aryl methyl sites for hydroxylation is 1. The van der Waals surface area contributed by atoms with Crippen LogP contribution in [0.4, 0.5) is 5.69 Å². The van der Waals surface area contributed by atoms with Crippen LogP contribution in [-0.2, 0) is 6.54 Å². The molecule has 1 amide bonds. The van der Waals surface area contributed by atoms with E-state index in [4.69, 9.17) is 5.73 Å². The first-order chi connectivity index (χ1) is 8.66. The van der Waals surface area contributed by atoms with Crippen molar-refractivity contribution in [2.45, 2.75) is 13.5 Å². The zero-order chi connectivity index (χ0) is 13.0. The Morgan fingerprint density at radius 2 is 2.33 bits per heavy atom. The Morgan fingerprint density at radius 3 is 3.06 bits per heavy atom. The van der Waals surface area contributed by atoms with Crippen LogP contribution in [0.25, 0.3) is 0 Å². The van der Waals surface area contributed by atoms with Gasteiger partial charge in [0.2, 0.25) is 0 Å². The summed E-state index contributed by atoms with van der Waals surface area (Å²) in [5.41, 5.74) is 7.82. The van der Waals surface area contributed by atoms with E-state index in [-0.39, 0.29) is 5.91 Å². The van der Waals surface area contributed by atoms with E-state index < -0.39 is 0 Å². The molecule has 0 atom stereocenters. The van der Waals surface area contributed by atoms with Crippen molar-refractivity contribution in [2.75, 3.05) is 12.3 Å². The van der Waals surface area contributed by atoms with Crippen molar-refractivity contribution < 1.29 is 4.79 Å². The van der Waals surface area contributed by atoms with Gasteiger partial charge in [0.05, 0.1) is 6.33 Å². The quantitative estimate of drug-likeness (QED) is 0.794. The third-order valence-corrected chi connectivity index (χ3v) is 2.72. The Kier molecular flexibility index (Phi) is 3.62. The maximum atomic E-state index is 12.0. The van der Waals surface area contributed by atoms with E-state index in [1.54, 1.807) is 24.7 Å². The summed E-state index contributed by atoms with van der Waals surface area (Å²) in [5.74, 6) is -0.0973. The molecule has 1 heterocycles. The van der Waals surface area contributed by atoms with Gasteiger partial charge in [-0.3, -0.25) is 4.79 Å². The first-order valence-electron chi connectivity index (χ1n) is 5.77. The number of hydrogen-bond acceptors (Lipinski definition) is 3. The molecule has 1 aromatic carbocycles. The van der Waals surface area contributed by atoms with Gasteiger partial charge in [-0.1, -0.05) is 6.07 Å².